The highest BCUT2D eigenvalue weighted by atomic mass is 19.4. The average Bonchev–Trinajstić information content (AvgIpc) is 2.92. The first-order valence-electron chi connectivity index (χ1n) is 6.38. The van der Waals surface area contributed by atoms with Crippen molar-refractivity contribution < 1.29 is 17.6 Å². The minimum atomic E-state index is -4.34. The molecule has 1 unspecified atom stereocenters. The van der Waals surface area contributed by atoms with E-state index in [-0.39, 0.29) is 11.6 Å². The van der Waals surface area contributed by atoms with Crippen molar-refractivity contribution in [2.45, 2.75) is 25.1 Å². The molecule has 1 atom stereocenters. The molecule has 0 aliphatic heterocycles. The lowest BCUT2D eigenvalue weighted by Crippen LogP contribution is -2.21. The molecule has 0 amide bonds. The molecule has 108 valence electrons. The number of rotatable bonds is 5. The van der Waals surface area contributed by atoms with Gasteiger partial charge < -0.3 is 9.73 Å². The Morgan fingerprint density at radius 2 is 1.90 bits per heavy atom. The highest BCUT2D eigenvalue weighted by Gasteiger charge is 2.34. The molecule has 5 heteroatoms. The zero-order valence-electron chi connectivity index (χ0n) is 11.1. The summed E-state index contributed by atoms with van der Waals surface area (Å²) < 4.78 is 44.2. The van der Waals surface area contributed by atoms with E-state index >= 15 is 0 Å². The fraction of sp³-hybridized carbons (Fsp3) is 0.333. The highest BCUT2D eigenvalue weighted by molar-refractivity contribution is 5.32. The first-order chi connectivity index (χ1) is 9.52. The molecule has 0 bridgehead atoms. The Balaban J connectivity index is 2.19. The van der Waals surface area contributed by atoms with Gasteiger partial charge in [-0.3, -0.25) is 0 Å². The van der Waals surface area contributed by atoms with Gasteiger partial charge in [-0.15, -0.1) is 0 Å². The predicted molar refractivity (Wildman–Crippen MR) is 70.3 cm³/mol. The molecule has 0 fully saturated rings. The van der Waals surface area contributed by atoms with Crippen LogP contribution in [-0.4, -0.2) is 7.05 Å². The maximum absolute atomic E-state index is 13.0. The van der Waals surface area contributed by atoms with Crippen LogP contribution in [0.4, 0.5) is 13.2 Å². The molecular weight excluding hydrogens is 267 g/mol. The molecule has 1 N–H and O–H groups in total. The van der Waals surface area contributed by atoms with Crippen molar-refractivity contribution in [3.05, 3.63) is 59.5 Å². The summed E-state index contributed by atoms with van der Waals surface area (Å²) in [4.78, 5) is 0. The van der Waals surface area contributed by atoms with E-state index in [1.807, 2.05) is 6.07 Å². The minimum absolute atomic E-state index is 0.272. The number of nitrogens with one attached hydrogen (secondary N) is 1. The average molecular weight is 283 g/mol. The van der Waals surface area contributed by atoms with Gasteiger partial charge in [-0.2, -0.15) is 13.2 Å². The fourth-order valence-electron chi connectivity index (χ4n) is 2.26. The molecule has 2 rings (SSSR count). The Morgan fingerprint density at radius 3 is 2.50 bits per heavy atom. The zero-order chi connectivity index (χ0) is 14.6. The molecule has 0 aliphatic carbocycles. The van der Waals surface area contributed by atoms with Crippen molar-refractivity contribution in [2.75, 3.05) is 7.05 Å². The Kier molecular flexibility index (Phi) is 4.49. The molecule has 2 nitrogen and oxygen atoms in total. The van der Waals surface area contributed by atoms with Crippen molar-refractivity contribution in [3.8, 4) is 0 Å². The summed E-state index contributed by atoms with van der Waals surface area (Å²) in [6.45, 7) is 0. The number of benzene rings is 1. The Morgan fingerprint density at radius 1 is 1.15 bits per heavy atom. The summed E-state index contributed by atoms with van der Waals surface area (Å²) in [5.41, 5.74) is -0.312. The summed E-state index contributed by atoms with van der Waals surface area (Å²) in [6, 6.07) is 8.90. The standard InChI is InChI=1S/C15H16F3NO/c1-19-14(9-8-11-5-4-10-20-11)12-6-2-3-7-13(12)15(16,17)18/h2-7,10,14,19H,8-9H2,1H3. The fourth-order valence-corrected chi connectivity index (χ4v) is 2.26. The number of aryl methyl sites for hydroxylation is 1. The second-order valence-corrected chi connectivity index (χ2v) is 4.54. The molecule has 1 heterocycles. The van der Waals surface area contributed by atoms with Gasteiger partial charge >= 0.3 is 6.18 Å². The molecular formula is C15H16F3NO. The van der Waals surface area contributed by atoms with Crippen LogP contribution in [-0.2, 0) is 12.6 Å². The van der Waals surface area contributed by atoms with Crippen molar-refractivity contribution in [2.24, 2.45) is 0 Å². The number of furan rings is 1. The number of hydrogen-bond acceptors (Lipinski definition) is 2. The Bertz CT molecular complexity index is 534. The Hall–Kier alpha value is -1.75. The van der Waals surface area contributed by atoms with E-state index in [1.165, 1.54) is 12.1 Å². The zero-order valence-corrected chi connectivity index (χ0v) is 11.1. The second-order valence-electron chi connectivity index (χ2n) is 4.54. The van der Waals surface area contributed by atoms with Crippen LogP contribution in [0.3, 0.4) is 0 Å². The summed E-state index contributed by atoms with van der Waals surface area (Å²) >= 11 is 0. The van der Waals surface area contributed by atoms with Crippen molar-refractivity contribution >= 4 is 0 Å². The maximum atomic E-state index is 13.0. The number of alkyl halides is 3. The summed E-state index contributed by atoms with van der Waals surface area (Å²) in [7, 11) is 1.67. The molecule has 0 aliphatic rings. The van der Waals surface area contributed by atoms with Gasteiger partial charge in [-0.05, 0) is 37.2 Å². The highest BCUT2D eigenvalue weighted by Crippen LogP contribution is 2.35. The lowest BCUT2D eigenvalue weighted by molar-refractivity contribution is -0.138. The van der Waals surface area contributed by atoms with Crippen molar-refractivity contribution in [3.63, 3.8) is 0 Å². The normalized spacial score (nSPS) is 13.4. The van der Waals surface area contributed by atoms with Crippen LogP contribution in [0.1, 0.15) is 29.3 Å². The van der Waals surface area contributed by atoms with Gasteiger partial charge in [0, 0.05) is 12.5 Å². The van der Waals surface area contributed by atoms with Crippen molar-refractivity contribution in [1.29, 1.82) is 0 Å². The van der Waals surface area contributed by atoms with Gasteiger partial charge in [0.1, 0.15) is 5.76 Å². The topological polar surface area (TPSA) is 25.2 Å². The van der Waals surface area contributed by atoms with Crippen LogP contribution in [0.25, 0.3) is 0 Å². The van der Waals surface area contributed by atoms with Crippen molar-refractivity contribution in [1.82, 2.24) is 5.32 Å². The van der Waals surface area contributed by atoms with Gasteiger partial charge in [-0.1, -0.05) is 18.2 Å². The van der Waals surface area contributed by atoms with Gasteiger partial charge in [-0.25, -0.2) is 0 Å². The van der Waals surface area contributed by atoms with Crippen LogP contribution in [0.15, 0.2) is 47.1 Å². The second kappa shape index (κ2) is 6.13. The lowest BCUT2D eigenvalue weighted by Gasteiger charge is -2.21. The van der Waals surface area contributed by atoms with Gasteiger partial charge in [0.2, 0.25) is 0 Å². The Labute approximate surface area is 115 Å². The van der Waals surface area contributed by atoms with E-state index in [2.05, 4.69) is 5.32 Å². The first kappa shape index (κ1) is 14.7. The molecule has 1 aromatic heterocycles. The van der Waals surface area contributed by atoms with E-state index < -0.39 is 11.7 Å². The van der Waals surface area contributed by atoms with Gasteiger partial charge in [0.15, 0.2) is 0 Å². The van der Waals surface area contributed by atoms with Crippen LogP contribution < -0.4 is 5.32 Å². The molecule has 0 radical (unpaired) electrons. The number of hydrogen-bond donors (Lipinski definition) is 1. The maximum Gasteiger partial charge on any atom is 0.416 e. The third-order valence-corrected chi connectivity index (χ3v) is 3.25. The predicted octanol–water partition coefficient (Wildman–Crippen LogP) is 4.19. The molecule has 0 spiro atoms. The van der Waals surface area contributed by atoms with Gasteiger partial charge in [0.05, 0.1) is 11.8 Å². The molecule has 0 saturated heterocycles. The van der Waals surface area contributed by atoms with Crippen LogP contribution >= 0.6 is 0 Å². The van der Waals surface area contributed by atoms with E-state index in [0.29, 0.717) is 12.8 Å². The van der Waals surface area contributed by atoms with E-state index in [0.717, 1.165) is 11.8 Å². The molecule has 1 aromatic carbocycles. The van der Waals surface area contributed by atoms with Crippen LogP contribution in [0.2, 0.25) is 0 Å². The quantitative estimate of drug-likeness (QED) is 0.890. The van der Waals surface area contributed by atoms with Crippen LogP contribution in [0.5, 0.6) is 0 Å². The minimum Gasteiger partial charge on any atom is -0.469 e. The lowest BCUT2D eigenvalue weighted by atomic mass is 9.96. The SMILES string of the molecule is CNC(CCc1ccco1)c1ccccc1C(F)(F)F. The van der Waals surface area contributed by atoms with E-state index in [4.69, 9.17) is 4.42 Å². The summed E-state index contributed by atoms with van der Waals surface area (Å²) in [5, 5.41) is 2.95. The number of halogens is 3. The van der Waals surface area contributed by atoms with Gasteiger partial charge in [0.25, 0.3) is 0 Å². The van der Waals surface area contributed by atoms with Crippen LogP contribution in [0, 0.1) is 0 Å². The largest absolute Gasteiger partial charge is 0.469 e. The first-order valence-corrected chi connectivity index (χ1v) is 6.38. The third-order valence-electron chi connectivity index (χ3n) is 3.25. The third kappa shape index (κ3) is 3.42. The molecule has 2 aromatic rings. The molecule has 20 heavy (non-hydrogen) atoms. The van der Waals surface area contributed by atoms with E-state index in [9.17, 15) is 13.2 Å². The summed E-state index contributed by atoms with van der Waals surface area (Å²) in [6.07, 6.45) is -1.65. The van der Waals surface area contributed by atoms with E-state index in [1.54, 1.807) is 25.4 Å². The summed E-state index contributed by atoms with van der Waals surface area (Å²) in [5.74, 6) is 0.773. The monoisotopic (exact) mass is 283 g/mol. The smallest absolute Gasteiger partial charge is 0.416 e. The molecule has 0 saturated carbocycles.